The molecule has 1 N–H and O–H groups in total. The third-order valence-corrected chi connectivity index (χ3v) is 4.35. The standard InChI is InChI=1S/C15H19NO2/c17-14-7-6-11-8-9-16(13(14)10-11)15(18)12-4-2-1-3-5-12/h1-5,11,13-14,17H,6-10H2. The number of piperidine rings is 1. The van der Waals surface area contributed by atoms with Crippen LogP contribution in [0.25, 0.3) is 0 Å². The van der Waals surface area contributed by atoms with E-state index in [2.05, 4.69) is 0 Å². The van der Waals surface area contributed by atoms with Gasteiger partial charge in [0.25, 0.3) is 5.91 Å². The van der Waals surface area contributed by atoms with E-state index < -0.39 is 0 Å². The van der Waals surface area contributed by atoms with Gasteiger partial charge in [-0.25, -0.2) is 0 Å². The van der Waals surface area contributed by atoms with Gasteiger partial charge in [0.1, 0.15) is 0 Å². The fourth-order valence-corrected chi connectivity index (χ4v) is 3.30. The molecule has 3 heteroatoms. The molecule has 18 heavy (non-hydrogen) atoms. The van der Waals surface area contributed by atoms with E-state index in [0.717, 1.165) is 37.8 Å². The van der Waals surface area contributed by atoms with E-state index in [-0.39, 0.29) is 18.1 Å². The number of carbonyl (C=O) groups excluding carboxylic acids is 1. The highest BCUT2D eigenvalue weighted by atomic mass is 16.3. The van der Waals surface area contributed by atoms with Gasteiger partial charge in [0.2, 0.25) is 0 Å². The number of amides is 1. The quantitative estimate of drug-likeness (QED) is 0.822. The first-order valence-electron chi connectivity index (χ1n) is 6.80. The van der Waals surface area contributed by atoms with E-state index in [4.69, 9.17) is 0 Å². The number of rotatable bonds is 1. The zero-order valence-corrected chi connectivity index (χ0v) is 10.5. The van der Waals surface area contributed by atoms with E-state index in [1.54, 1.807) is 0 Å². The lowest BCUT2D eigenvalue weighted by molar-refractivity contribution is -0.0184. The van der Waals surface area contributed by atoms with E-state index in [9.17, 15) is 9.90 Å². The summed E-state index contributed by atoms with van der Waals surface area (Å²) in [5, 5.41) is 10.1. The molecule has 2 bridgehead atoms. The van der Waals surface area contributed by atoms with Gasteiger partial charge < -0.3 is 10.0 Å². The maximum atomic E-state index is 12.5. The molecule has 3 nitrogen and oxygen atoms in total. The Hall–Kier alpha value is -1.35. The average molecular weight is 245 g/mol. The molecule has 0 spiro atoms. The SMILES string of the molecule is O=C(c1ccccc1)N1CCC2CCC(O)C1C2. The molecule has 3 atom stereocenters. The highest BCUT2D eigenvalue weighted by molar-refractivity contribution is 5.94. The van der Waals surface area contributed by atoms with Crippen molar-refractivity contribution < 1.29 is 9.90 Å². The predicted octanol–water partition coefficient (Wildman–Crippen LogP) is 2.06. The molecule has 1 aliphatic heterocycles. The van der Waals surface area contributed by atoms with Gasteiger partial charge in [0, 0.05) is 12.1 Å². The molecule has 2 fully saturated rings. The van der Waals surface area contributed by atoms with Gasteiger partial charge >= 0.3 is 0 Å². The predicted molar refractivity (Wildman–Crippen MR) is 69.2 cm³/mol. The van der Waals surface area contributed by atoms with Gasteiger partial charge in [-0.3, -0.25) is 4.79 Å². The van der Waals surface area contributed by atoms with Crippen molar-refractivity contribution in [3.63, 3.8) is 0 Å². The van der Waals surface area contributed by atoms with Crippen molar-refractivity contribution in [2.45, 2.75) is 37.8 Å². The molecule has 2 aliphatic rings. The van der Waals surface area contributed by atoms with Crippen LogP contribution in [0.1, 0.15) is 36.0 Å². The average Bonchev–Trinajstić information content (AvgIpc) is 2.44. The second-order valence-corrected chi connectivity index (χ2v) is 5.47. The largest absolute Gasteiger partial charge is 0.391 e. The molecule has 1 saturated heterocycles. The summed E-state index contributed by atoms with van der Waals surface area (Å²) in [5.41, 5.74) is 0.730. The highest BCUT2D eigenvalue weighted by Crippen LogP contribution is 2.35. The van der Waals surface area contributed by atoms with Crippen LogP contribution in [-0.2, 0) is 0 Å². The van der Waals surface area contributed by atoms with Crippen molar-refractivity contribution in [1.82, 2.24) is 4.90 Å². The minimum Gasteiger partial charge on any atom is -0.391 e. The normalized spacial score (nSPS) is 31.2. The maximum Gasteiger partial charge on any atom is 0.254 e. The first kappa shape index (κ1) is 11.7. The van der Waals surface area contributed by atoms with Crippen molar-refractivity contribution in [1.29, 1.82) is 0 Å². The summed E-state index contributed by atoms with van der Waals surface area (Å²) in [6.45, 7) is 0.792. The third-order valence-electron chi connectivity index (χ3n) is 4.35. The van der Waals surface area contributed by atoms with Crippen LogP contribution in [0.15, 0.2) is 30.3 Å². The Morgan fingerprint density at radius 1 is 1.17 bits per heavy atom. The molecule has 96 valence electrons. The molecule has 1 saturated carbocycles. The first-order valence-corrected chi connectivity index (χ1v) is 6.80. The van der Waals surface area contributed by atoms with Gasteiger partial charge in [-0.15, -0.1) is 0 Å². The Kier molecular flexibility index (Phi) is 3.08. The topological polar surface area (TPSA) is 40.5 Å². The molecule has 3 unspecified atom stereocenters. The van der Waals surface area contributed by atoms with Crippen LogP contribution in [0.5, 0.6) is 0 Å². The van der Waals surface area contributed by atoms with Crippen LogP contribution >= 0.6 is 0 Å². The first-order chi connectivity index (χ1) is 8.75. The Morgan fingerprint density at radius 3 is 2.72 bits per heavy atom. The summed E-state index contributed by atoms with van der Waals surface area (Å²) >= 11 is 0. The van der Waals surface area contributed by atoms with E-state index in [1.807, 2.05) is 35.2 Å². The molecule has 1 aliphatic carbocycles. The zero-order chi connectivity index (χ0) is 12.5. The number of nitrogens with zero attached hydrogens (tertiary/aromatic N) is 1. The number of hydrogen-bond acceptors (Lipinski definition) is 2. The number of hydrogen-bond donors (Lipinski definition) is 1. The molecular weight excluding hydrogens is 226 g/mol. The van der Waals surface area contributed by atoms with Gasteiger partial charge in [-0.2, -0.15) is 0 Å². The summed E-state index contributed by atoms with van der Waals surface area (Å²) < 4.78 is 0. The number of aliphatic hydroxyl groups excluding tert-OH is 1. The Labute approximate surface area is 107 Å². The number of carbonyl (C=O) groups is 1. The Morgan fingerprint density at radius 2 is 1.94 bits per heavy atom. The summed E-state index contributed by atoms with van der Waals surface area (Å²) in [4.78, 5) is 14.3. The van der Waals surface area contributed by atoms with Crippen molar-refractivity contribution in [2.75, 3.05) is 6.54 Å². The van der Waals surface area contributed by atoms with Crippen LogP contribution in [0.3, 0.4) is 0 Å². The number of benzene rings is 1. The smallest absolute Gasteiger partial charge is 0.254 e. The molecule has 1 aromatic carbocycles. The monoisotopic (exact) mass is 245 g/mol. The molecule has 0 aromatic heterocycles. The van der Waals surface area contributed by atoms with Gasteiger partial charge in [0.15, 0.2) is 0 Å². The summed E-state index contributed by atoms with van der Waals surface area (Å²) in [5.74, 6) is 0.776. The molecule has 1 aromatic rings. The van der Waals surface area contributed by atoms with Crippen LogP contribution in [0.2, 0.25) is 0 Å². The molecular formula is C15H19NO2. The van der Waals surface area contributed by atoms with Crippen molar-refractivity contribution in [2.24, 2.45) is 5.92 Å². The van der Waals surface area contributed by atoms with Crippen molar-refractivity contribution in [3.05, 3.63) is 35.9 Å². The van der Waals surface area contributed by atoms with Gasteiger partial charge in [-0.1, -0.05) is 18.2 Å². The third kappa shape index (κ3) is 2.03. The van der Waals surface area contributed by atoms with Crippen LogP contribution in [-0.4, -0.2) is 34.6 Å². The second kappa shape index (κ2) is 4.73. The van der Waals surface area contributed by atoms with E-state index >= 15 is 0 Å². The summed E-state index contributed by atoms with van der Waals surface area (Å²) in [6.07, 6.45) is 3.68. The zero-order valence-electron chi connectivity index (χ0n) is 10.5. The minimum atomic E-state index is -0.339. The van der Waals surface area contributed by atoms with Crippen LogP contribution in [0, 0.1) is 5.92 Å². The van der Waals surface area contributed by atoms with E-state index in [1.165, 1.54) is 0 Å². The lowest BCUT2D eigenvalue weighted by Gasteiger charge is -2.45. The number of aliphatic hydroxyl groups is 1. The van der Waals surface area contributed by atoms with Gasteiger partial charge in [0.05, 0.1) is 12.1 Å². The fourth-order valence-electron chi connectivity index (χ4n) is 3.30. The van der Waals surface area contributed by atoms with Crippen molar-refractivity contribution >= 4 is 5.91 Å². The Balaban J connectivity index is 1.81. The van der Waals surface area contributed by atoms with E-state index in [0.29, 0.717) is 5.92 Å². The van der Waals surface area contributed by atoms with Gasteiger partial charge in [-0.05, 0) is 43.7 Å². The molecule has 1 amide bonds. The summed E-state index contributed by atoms with van der Waals surface area (Å²) in [6, 6.07) is 9.42. The maximum absolute atomic E-state index is 12.5. The number of fused-ring (bicyclic) bond motifs is 2. The minimum absolute atomic E-state index is 0.0326. The van der Waals surface area contributed by atoms with Crippen molar-refractivity contribution in [3.8, 4) is 0 Å². The highest BCUT2D eigenvalue weighted by Gasteiger charge is 2.39. The molecule has 0 radical (unpaired) electrons. The van der Waals surface area contributed by atoms with Crippen LogP contribution in [0.4, 0.5) is 0 Å². The summed E-state index contributed by atoms with van der Waals surface area (Å²) in [7, 11) is 0. The lowest BCUT2D eigenvalue weighted by Crippen LogP contribution is -2.54. The van der Waals surface area contributed by atoms with Crippen LogP contribution < -0.4 is 0 Å². The molecule has 3 rings (SSSR count). The Bertz CT molecular complexity index is 431. The molecule has 1 heterocycles. The fraction of sp³-hybridized carbons (Fsp3) is 0.533. The second-order valence-electron chi connectivity index (χ2n) is 5.47. The number of likely N-dealkylation sites (tertiary alicyclic amines) is 1. The lowest BCUT2D eigenvalue weighted by atomic mass is 9.78.